The molecule has 1 aromatic carbocycles. The number of halogens is 1. The third-order valence-electron chi connectivity index (χ3n) is 2.64. The molecular weight excluding hydrogens is 310 g/mol. The number of anilines is 1. The Kier molecular flexibility index (Phi) is 2.20. The van der Waals surface area contributed by atoms with Crippen LogP contribution < -0.4 is 9.64 Å². The van der Waals surface area contributed by atoms with E-state index in [4.69, 9.17) is 8.85 Å². The molecule has 0 spiro atoms. The molecule has 0 aliphatic carbocycles. The molecule has 0 atom stereocenters. The third-order valence-corrected chi connectivity index (χ3v) is 3.20. The van der Waals surface area contributed by atoms with Gasteiger partial charge in [-0.15, -0.1) is 0 Å². The van der Waals surface area contributed by atoms with E-state index < -0.39 is 12.9 Å². The lowest BCUT2D eigenvalue weighted by Crippen LogP contribution is -2.36. The molecule has 1 aromatic heterocycles. The van der Waals surface area contributed by atoms with Crippen LogP contribution in [0.3, 0.4) is 0 Å². The summed E-state index contributed by atoms with van der Waals surface area (Å²) in [5, 5.41) is 0. The first-order chi connectivity index (χ1) is 10.4. The second kappa shape index (κ2) is 4.62. The van der Waals surface area contributed by atoms with Crippen LogP contribution in [0.1, 0.15) is 4.11 Å². The van der Waals surface area contributed by atoms with Gasteiger partial charge in [0.25, 0.3) is 11.8 Å². The molecule has 3 rings (SSSR count). The van der Waals surface area contributed by atoms with E-state index in [1.165, 1.54) is 0 Å². The predicted octanol–water partition coefficient (Wildman–Crippen LogP) is 2.26. The fourth-order valence-corrected chi connectivity index (χ4v) is 2.21. The van der Waals surface area contributed by atoms with Crippen LogP contribution in [0.25, 0.3) is 11.3 Å². The van der Waals surface area contributed by atoms with Crippen molar-refractivity contribution in [3.05, 3.63) is 34.9 Å². The fraction of sp³-hybridized carbons (Fsp3) is 0.154. The van der Waals surface area contributed by atoms with Gasteiger partial charge in [-0.2, -0.15) is 0 Å². The van der Waals surface area contributed by atoms with Gasteiger partial charge < -0.3 is 4.74 Å². The average molecular weight is 323 g/mol. The lowest BCUT2D eigenvalue weighted by Gasteiger charge is -2.24. The quantitative estimate of drug-likeness (QED) is 0.808. The second-order valence-corrected chi connectivity index (χ2v) is 4.63. The van der Waals surface area contributed by atoms with Crippen LogP contribution in [0.4, 0.5) is 5.82 Å². The van der Waals surface area contributed by atoms with Crippen molar-refractivity contribution in [3.8, 4) is 17.1 Å². The number of rotatable bonds is 1. The van der Waals surface area contributed by atoms with E-state index in [1.54, 1.807) is 0 Å². The molecule has 1 aliphatic rings. The number of carbonyl (C=O) groups is 1. The molecule has 0 fully saturated rings. The molecule has 2 heterocycles. The topological polar surface area (TPSA) is 55.3 Å². The number of benzene rings is 1. The number of likely N-dealkylation sites (N-methyl/N-ethyl adjacent to an activating group) is 1. The van der Waals surface area contributed by atoms with Gasteiger partial charge in [0.05, 0.1) is 0 Å². The van der Waals surface area contributed by atoms with Crippen LogP contribution in [0.2, 0.25) is 0 Å². The highest BCUT2D eigenvalue weighted by molar-refractivity contribution is 9.10. The number of hydrogen-bond acceptors (Lipinski definition) is 4. The van der Waals surface area contributed by atoms with E-state index in [2.05, 4.69) is 25.9 Å². The maximum Gasteiger partial charge on any atom is 0.266 e. The van der Waals surface area contributed by atoms with E-state index in [1.807, 2.05) is 30.3 Å². The molecule has 0 N–H and O–H groups in total. The van der Waals surface area contributed by atoms with Gasteiger partial charge in [0, 0.05) is 16.7 Å². The van der Waals surface area contributed by atoms with E-state index in [0.29, 0.717) is 15.2 Å². The van der Waals surface area contributed by atoms with Crippen molar-refractivity contribution < 1.29 is 13.6 Å². The van der Waals surface area contributed by atoms with Crippen LogP contribution in [0.5, 0.6) is 5.88 Å². The minimum Gasteiger partial charge on any atom is -0.465 e. The zero-order chi connectivity index (χ0) is 15.9. The van der Waals surface area contributed by atoms with Crippen molar-refractivity contribution in [1.82, 2.24) is 9.97 Å². The molecular formula is C13H10BrN3O2. The molecule has 96 valence electrons. The van der Waals surface area contributed by atoms with Crippen molar-refractivity contribution >= 4 is 27.7 Å². The molecule has 0 bridgehead atoms. The summed E-state index contributed by atoms with van der Waals surface area (Å²) in [5.74, 6) is -0.760. The van der Waals surface area contributed by atoms with Gasteiger partial charge >= 0.3 is 0 Å². The molecule has 5 nitrogen and oxygen atoms in total. The minimum atomic E-state index is -2.65. The zero-order valence-corrected chi connectivity index (χ0v) is 11.2. The van der Waals surface area contributed by atoms with Crippen molar-refractivity contribution in [1.29, 1.82) is 0 Å². The fourth-order valence-electron chi connectivity index (χ4n) is 1.73. The Morgan fingerprint density at radius 2 is 2.16 bits per heavy atom. The molecule has 0 saturated carbocycles. The Balaban J connectivity index is 2.19. The summed E-state index contributed by atoms with van der Waals surface area (Å²) in [6.07, 6.45) is 0. The molecule has 1 aliphatic heterocycles. The molecule has 0 radical (unpaired) electrons. The van der Waals surface area contributed by atoms with Gasteiger partial charge in [-0.1, -0.05) is 30.3 Å². The molecule has 1 amide bonds. The van der Waals surface area contributed by atoms with Crippen LogP contribution in [-0.4, -0.2) is 29.5 Å². The Hall–Kier alpha value is -1.95. The highest BCUT2D eigenvalue weighted by Gasteiger charge is 2.26. The molecule has 19 heavy (non-hydrogen) atoms. The van der Waals surface area contributed by atoms with E-state index in [9.17, 15) is 4.79 Å². The summed E-state index contributed by atoms with van der Waals surface area (Å²) in [4.78, 5) is 21.0. The third kappa shape index (κ3) is 2.08. The Morgan fingerprint density at radius 3 is 2.89 bits per heavy atom. The maximum atomic E-state index is 11.9. The number of amides is 1. The van der Waals surface area contributed by atoms with Crippen LogP contribution in [0.15, 0.2) is 34.9 Å². The summed E-state index contributed by atoms with van der Waals surface area (Å²) < 4.78 is 28.2. The van der Waals surface area contributed by atoms with Crippen molar-refractivity contribution in [2.45, 2.75) is 0 Å². The largest absolute Gasteiger partial charge is 0.465 e. The minimum absolute atomic E-state index is 0.0160. The average Bonchev–Trinajstić information content (AvgIpc) is 2.46. The first-order valence-electron chi connectivity index (χ1n) is 6.97. The first-order valence-corrected chi connectivity index (χ1v) is 6.26. The molecule has 6 heteroatoms. The van der Waals surface area contributed by atoms with Gasteiger partial charge in [-0.05, 0) is 15.9 Å². The van der Waals surface area contributed by atoms with Crippen molar-refractivity contribution in [2.75, 3.05) is 18.5 Å². The SMILES string of the molecule is [2H]C([2H])([2H])N1C(=O)COc2nc(Br)c(-c3ccccc3)nc21. The molecule has 2 aromatic rings. The Bertz CT molecular complexity index is 737. The number of nitrogens with zero attached hydrogens (tertiary/aromatic N) is 3. The lowest BCUT2D eigenvalue weighted by molar-refractivity contribution is -0.121. The number of carbonyl (C=O) groups excluding carboxylic acids is 1. The van der Waals surface area contributed by atoms with Crippen LogP contribution in [-0.2, 0) is 4.79 Å². The summed E-state index contributed by atoms with van der Waals surface area (Å²) in [6.45, 7) is -3.02. The predicted molar refractivity (Wildman–Crippen MR) is 74.1 cm³/mol. The normalized spacial score (nSPS) is 17.0. The highest BCUT2D eigenvalue weighted by Crippen LogP contribution is 2.34. The highest BCUT2D eigenvalue weighted by atomic mass is 79.9. The van der Waals surface area contributed by atoms with Gasteiger partial charge in [0.2, 0.25) is 0 Å². The summed E-state index contributed by atoms with van der Waals surface area (Å²) in [5.41, 5.74) is 1.18. The molecule has 0 unspecified atom stereocenters. The number of fused-ring (bicyclic) bond motifs is 1. The number of ether oxygens (including phenoxy) is 1. The smallest absolute Gasteiger partial charge is 0.266 e. The van der Waals surface area contributed by atoms with Crippen LogP contribution >= 0.6 is 15.9 Å². The van der Waals surface area contributed by atoms with Gasteiger partial charge in [0.1, 0.15) is 10.3 Å². The van der Waals surface area contributed by atoms with E-state index in [-0.39, 0.29) is 18.3 Å². The number of aromatic nitrogens is 2. The Labute approximate surface area is 122 Å². The zero-order valence-electron chi connectivity index (χ0n) is 12.6. The summed E-state index contributed by atoms with van der Waals surface area (Å²) in [7, 11) is 0. The lowest BCUT2D eigenvalue weighted by atomic mass is 10.2. The van der Waals surface area contributed by atoms with Gasteiger partial charge in [-0.3, -0.25) is 9.69 Å². The Morgan fingerprint density at radius 1 is 1.37 bits per heavy atom. The van der Waals surface area contributed by atoms with E-state index in [0.717, 1.165) is 5.56 Å². The van der Waals surface area contributed by atoms with Gasteiger partial charge in [0.15, 0.2) is 12.4 Å². The number of hydrogen-bond donors (Lipinski definition) is 0. The molecule has 0 saturated heterocycles. The monoisotopic (exact) mass is 322 g/mol. The summed E-state index contributed by atoms with van der Waals surface area (Å²) in [6, 6.07) is 9.13. The van der Waals surface area contributed by atoms with Gasteiger partial charge in [-0.25, -0.2) is 9.97 Å². The maximum absolute atomic E-state index is 11.9. The summed E-state index contributed by atoms with van der Waals surface area (Å²) >= 11 is 3.30. The van der Waals surface area contributed by atoms with Crippen LogP contribution in [0, 0.1) is 0 Å². The standard InChI is InChI=1S/C13H10BrN3O2/c1-17-9(18)7-19-13-12(17)15-10(11(14)16-13)8-5-3-2-4-6-8/h2-6H,7H2,1H3/i1D3. The van der Waals surface area contributed by atoms with E-state index >= 15 is 0 Å². The van der Waals surface area contributed by atoms with Crippen molar-refractivity contribution in [2.24, 2.45) is 0 Å². The second-order valence-electron chi connectivity index (χ2n) is 3.88. The van der Waals surface area contributed by atoms with Crippen molar-refractivity contribution in [3.63, 3.8) is 0 Å². The first kappa shape index (κ1) is 9.03.